The molecule has 0 aliphatic carbocycles. The number of nitrogens with one attached hydrogen (secondary N) is 2. The van der Waals surface area contributed by atoms with Crippen molar-refractivity contribution in [1.82, 2.24) is 15.4 Å². The van der Waals surface area contributed by atoms with E-state index in [-0.39, 0.29) is 0 Å². The van der Waals surface area contributed by atoms with Gasteiger partial charge in [-0.2, -0.15) is 0 Å². The van der Waals surface area contributed by atoms with Crippen LogP contribution in [0, 0.1) is 0 Å². The molecule has 134 valence electrons. The van der Waals surface area contributed by atoms with E-state index in [0.717, 1.165) is 36.1 Å². The highest BCUT2D eigenvalue weighted by molar-refractivity contribution is 5.92. The largest absolute Gasteiger partial charge is 0.383 e. The molecule has 1 amide bonds. The first kappa shape index (κ1) is 18.9. The van der Waals surface area contributed by atoms with Gasteiger partial charge in [0, 0.05) is 49.9 Å². The van der Waals surface area contributed by atoms with Crippen LogP contribution in [0.2, 0.25) is 0 Å². The summed E-state index contributed by atoms with van der Waals surface area (Å²) in [6.45, 7) is 5.00. The van der Waals surface area contributed by atoms with Gasteiger partial charge >= 0.3 is 0 Å². The fraction of sp³-hybridized carbons (Fsp3) is 0.316. The van der Waals surface area contributed by atoms with Crippen LogP contribution in [0.4, 0.5) is 0 Å². The van der Waals surface area contributed by atoms with E-state index >= 15 is 0 Å². The normalized spacial score (nSPS) is 11.8. The Morgan fingerprint density at radius 1 is 1.40 bits per heavy atom. The van der Waals surface area contributed by atoms with Crippen molar-refractivity contribution in [2.75, 3.05) is 20.3 Å². The Kier molecular flexibility index (Phi) is 7.40. The van der Waals surface area contributed by atoms with Crippen LogP contribution in [0.3, 0.4) is 0 Å². The van der Waals surface area contributed by atoms with Crippen LogP contribution >= 0.6 is 0 Å². The lowest BCUT2D eigenvalue weighted by Gasteiger charge is -2.04. The van der Waals surface area contributed by atoms with Crippen LogP contribution in [-0.4, -0.2) is 35.9 Å². The average Bonchev–Trinajstić information content (AvgIpc) is 2.98. The van der Waals surface area contributed by atoms with E-state index in [2.05, 4.69) is 22.2 Å². The summed E-state index contributed by atoms with van der Waals surface area (Å²) in [5.41, 5.74) is 4.81. The minimum Gasteiger partial charge on any atom is -0.383 e. The highest BCUT2D eigenvalue weighted by Gasteiger charge is 2.09. The molecule has 0 radical (unpaired) electrons. The molecule has 6 heteroatoms. The van der Waals surface area contributed by atoms with E-state index < -0.39 is 5.91 Å². The number of nitrogens with zero attached hydrogens (tertiary/aromatic N) is 1. The van der Waals surface area contributed by atoms with Crippen LogP contribution in [0.25, 0.3) is 17.0 Å². The predicted molar refractivity (Wildman–Crippen MR) is 99.3 cm³/mol. The number of benzene rings is 1. The number of methoxy groups -OCH3 is 1. The minimum atomic E-state index is -0.550. The molecule has 0 saturated heterocycles. The van der Waals surface area contributed by atoms with Gasteiger partial charge < -0.3 is 14.6 Å². The molecule has 0 spiro atoms. The summed E-state index contributed by atoms with van der Waals surface area (Å²) in [5, 5.41) is 13.1. The van der Waals surface area contributed by atoms with E-state index in [0.29, 0.717) is 6.61 Å². The van der Waals surface area contributed by atoms with E-state index in [4.69, 9.17) is 9.94 Å². The van der Waals surface area contributed by atoms with E-state index in [1.807, 2.05) is 31.2 Å². The van der Waals surface area contributed by atoms with Gasteiger partial charge in [0.2, 0.25) is 0 Å². The maximum atomic E-state index is 11.2. The number of carbonyl (C=O) groups excluding carboxylic acids is 1. The van der Waals surface area contributed by atoms with Gasteiger partial charge in [0.15, 0.2) is 0 Å². The molecule has 1 aromatic carbocycles. The molecule has 0 aliphatic rings. The Morgan fingerprint density at radius 2 is 2.24 bits per heavy atom. The fourth-order valence-electron chi connectivity index (χ4n) is 2.62. The molecule has 0 bridgehead atoms. The number of hydroxylamine groups is 1. The lowest BCUT2D eigenvalue weighted by molar-refractivity contribution is -0.124. The summed E-state index contributed by atoms with van der Waals surface area (Å²) in [5.74, 6) is -0.550. The SMILES string of the molecule is C/C=C/CNCc1cn(CCOC)c2ccc(/C=C/C(=O)NO)cc12. The Labute approximate surface area is 147 Å². The molecule has 1 aromatic heterocycles. The third-order valence-electron chi connectivity index (χ3n) is 3.87. The molecule has 6 nitrogen and oxygen atoms in total. The molecular weight excluding hydrogens is 318 g/mol. The van der Waals surface area contributed by atoms with E-state index in [9.17, 15) is 4.79 Å². The van der Waals surface area contributed by atoms with Gasteiger partial charge in [-0.1, -0.05) is 18.2 Å². The predicted octanol–water partition coefficient (Wildman–Crippen LogP) is 2.47. The van der Waals surface area contributed by atoms with Crippen LogP contribution in [-0.2, 0) is 22.6 Å². The molecule has 25 heavy (non-hydrogen) atoms. The number of amides is 1. The monoisotopic (exact) mass is 343 g/mol. The summed E-state index contributed by atoms with van der Waals surface area (Å²) >= 11 is 0. The molecule has 0 fully saturated rings. The molecular formula is C19H25N3O3. The zero-order valence-corrected chi connectivity index (χ0v) is 14.7. The summed E-state index contributed by atoms with van der Waals surface area (Å²) in [7, 11) is 1.69. The van der Waals surface area contributed by atoms with Gasteiger partial charge in [-0.3, -0.25) is 10.0 Å². The van der Waals surface area contributed by atoms with Crippen molar-refractivity contribution in [3.05, 3.63) is 53.8 Å². The van der Waals surface area contributed by atoms with Crippen LogP contribution in [0.5, 0.6) is 0 Å². The Balaban J connectivity index is 2.31. The lowest BCUT2D eigenvalue weighted by atomic mass is 10.1. The van der Waals surface area contributed by atoms with Crippen molar-refractivity contribution < 1.29 is 14.7 Å². The topological polar surface area (TPSA) is 75.5 Å². The van der Waals surface area contributed by atoms with Crippen molar-refractivity contribution in [1.29, 1.82) is 0 Å². The van der Waals surface area contributed by atoms with Crippen LogP contribution in [0.1, 0.15) is 18.1 Å². The Morgan fingerprint density at radius 3 is 2.96 bits per heavy atom. The Bertz CT molecular complexity index is 763. The smallest absolute Gasteiger partial charge is 0.267 e. The molecule has 0 saturated carbocycles. The maximum Gasteiger partial charge on any atom is 0.267 e. The number of allylic oxidation sites excluding steroid dienone is 1. The molecule has 2 rings (SSSR count). The second kappa shape index (κ2) is 9.78. The number of hydrogen-bond donors (Lipinski definition) is 3. The summed E-state index contributed by atoms with van der Waals surface area (Å²) in [4.78, 5) is 11.2. The summed E-state index contributed by atoms with van der Waals surface area (Å²) < 4.78 is 7.37. The lowest BCUT2D eigenvalue weighted by Crippen LogP contribution is -2.14. The minimum absolute atomic E-state index is 0.550. The van der Waals surface area contributed by atoms with Crippen molar-refractivity contribution in [3.8, 4) is 0 Å². The highest BCUT2D eigenvalue weighted by atomic mass is 16.5. The molecule has 0 unspecified atom stereocenters. The number of ether oxygens (including phenoxy) is 1. The number of carbonyl (C=O) groups is 1. The van der Waals surface area contributed by atoms with Crippen LogP contribution in [0.15, 0.2) is 42.6 Å². The standard InChI is InChI=1S/C19H25N3O3/c1-3-4-9-20-13-16-14-22(10-11-25-2)18-7-5-15(12-17(16)18)6-8-19(23)21-24/h3-8,12,14,20,24H,9-11,13H2,1-2H3,(H,21,23)/b4-3+,8-6+. The first-order valence-corrected chi connectivity index (χ1v) is 8.24. The summed E-state index contributed by atoms with van der Waals surface area (Å²) in [6, 6.07) is 6.03. The second-order valence-corrected chi connectivity index (χ2v) is 5.63. The van der Waals surface area contributed by atoms with Gasteiger partial charge in [0.05, 0.1) is 6.61 Å². The third-order valence-corrected chi connectivity index (χ3v) is 3.87. The van der Waals surface area contributed by atoms with Crippen molar-refractivity contribution >= 4 is 22.9 Å². The number of fused-ring (bicyclic) bond motifs is 1. The first-order chi connectivity index (χ1) is 12.2. The summed E-state index contributed by atoms with van der Waals surface area (Å²) in [6.07, 6.45) is 9.21. The van der Waals surface area contributed by atoms with Gasteiger partial charge in [-0.15, -0.1) is 0 Å². The first-order valence-electron chi connectivity index (χ1n) is 8.24. The van der Waals surface area contributed by atoms with Crippen molar-refractivity contribution in [2.24, 2.45) is 0 Å². The number of hydrogen-bond acceptors (Lipinski definition) is 4. The van der Waals surface area contributed by atoms with Crippen molar-refractivity contribution in [2.45, 2.75) is 20.0 Å². The second-order valence-electron chi connectivity index (χ2n) is 5.63. The van der Waals surface area contributed by atoms with Crippen molar-refractivity contribution in [3.63, 3.8) is 0 Å². The van der Waals surface area contributed by atoms with Gasteiger partial charge in [-0.25, -0.2) is 5.48 Å². The number of rotatable bonds is 9. The molecule has 0 atom stereocenters. The fourth-order valence-corrected chi connectivity index (χ4v) is 2.62. The quantitative estimate of drug-likeness (QED) is 0.215. The zero-order chi connectivity index (χ0) is 18.1. The van der Waals surface area contributed by atoms with Gasteiger partial charge in [0.25, 0.3) is 5.91 Å². The third kappa shape index (κ3) is 5.29. The van der Waals surface area contributed by atoms with E-state index in [1.165, 1.54) is 11.6 Å². The van der Waals surface area contributed by atoms with Gasteiger partial charge in [-0.05, 0) is 36.3 Å². The molecule has 0 aliphatic heterocycles. The average molecular weight is 343 g/mol. The number of aromatic nitrogens is 1. The molecule has 1 heterocycles. The van der Waals surface area contributed by atoms with Crippen LogP contribution < -0.4 is 10.8 Å². The Hall–Kier alpha value is -2.41. The maximum absolute atomic E-state index is 11.2. The molecule has 3 N–H and O–H groups in total. The molecule has 2 aromatic rings. The van der Waals surface area contributed by atoms with E-state index in [1.54, 1.807) is 18.7 Å². The highest BCUT2D eigenvalue weighted by Crippen LogP contribution is 2.24. The zero-order valence-electron chi connectivity index (χ0n) is 14.7. The van der Waals surface area contributed by atoms with Gasteiger partial charge in [0.1, 0.15) is 0 Å².